The number of ether oxygens (including phenoxy) is 1. The van der Waals surface area contributed by atoms with Crippen LogP contribution in [0.3, 0.4) is 0 Å². The second-order valence-corrected chi connectivity index (χ2v) is 5.88. The van der Waals surface area contributed by atoms with Gasteiger partial charge in [-0.25, -0.2) is 0 Å². The first kappa shape index (κ1) is 13.0. The molecule has 0 aliphatic heterocycles. The van der Waals surface area contributed by atoms with Gasteiger partial charge in [0.1, 0.15) is 5.75 Å². The van der Waals surface area contributed by atoms with Crippen LogP contribution in [0, 0.1) is 3.95 Å². The SMILES string of the molecule is COc1ccc(C(=O)n2c(=S)sc3ccccc32)cc1. The molecule has 1 aromatic heterocycles. The minimum Gasteiger partial charge on any atom is -0.497 e. The molecule has 3 rings (SSSR count). The number of methoxy groups -OCH3 is 1. The second-order valence-electron chi connectivity index (χ2n) is 4.20. The molecule has 0 aliphatic rings. The molecule has 5 heteroatoms. The van der Waals surface area contributed by atoms with E-state index in [1.807, 2.05) is 24.3 Å². The highest BCUT2D eigenvalue weighted by molar-refractivity contribution is 7.73. The molecule has 0 N–H and O–H groups in total. The molecule has 0 unspecified atom stereocenters. The van der Waals surface area contributed by atoms with Crippen LogP contribution in [0.2, 0.25) is 0 Å². The smallest absolute Gasteiger partial charge is 0.264 e. The third kappa shape index (κ3) is 2.15. The van der Waals surface area contributed by atoms with Crippen molar-refractivity contribution in [2.24, 2.45) is 0 Å². The predicted octanol–water partition coefficient (Wildman–Crippen LogP) is 4.13. The summed E-state index contributed by atoms with van der Waals surface area (Å²) in [7, 11) is 1.60. The number of benzene rings is 2. The number of aromatic nitrogens is 1. The summed E-state index contributed by atoms with van der Waals surface area (Å²) in [5.41, 5.74) is 1.44. The quantitative estimate of drug-likeness (QED) is 0.667. The molecule has 0 radical (unpaired) electrons. The van der Waals surface area contributed by atoms with Crippen molar-refractivity contribution in [2.75, 3.05) is 7.11 Å². The van der Waals surface area contributed by atoms with Gasteiger partial charge in [-0.15, -0.1) is 11.3 Å². The fourth-order valence-corrected chi connectivity index (χ4v) is 3.34. The van der Waals surface area contributed by atoms with Gasteiger partial charge in [0.15, 0.2) is 3.95 Å². The summed E-state index contributed by atoms with van der Waals surface area (Å²) in [6.07, 6.45) is 0. The molecule has 3 nitrogen and oxygen atoms in total. The van der Waals surface area contributed by atoms with Crippen molar-refractivity contribution in [1.29, 1.82) is 0 Å². The van der Waals surface area contributed by atoms with Crippen LogP contribution in [-0.2, 0) is 0 Å². The molecule has 2 aromatic carbocycles. The van der Waals surface area contributed by atoms with Gasteiger partial charge in [0, 0.05) is 5.56 Å². The van der Waals surface area contributed by atoms with Crippen LogP contribution in [-0.4, -0.2) is 17.6 Å². The van der Waals surface area contributed by atoms with E-state index in [1.54, 1.807) is 35.9 Å². The van der Waals surface area contributed by atoms with Crippen LogP contribution in [0.15, 0.2) is 48.5 Å². The molecular weight excluding hydrogens is 290 g/mol. The lowest BCUT2D eigenvalue weighted by Gasteiger charge is -2.05. The van der Waals surface area contributed by atoms with Gasteiger partial charge in [-0.1, -0.05) is 12.1 Å². The third-order valence-electron chi connectivity index (χ3n) is 3.03. The van der Waals surface area contributed by atoms with Gasteiger partial charge in [0.05, 0.1) is 17.3 Å². The molecule has 3 aromatic rings. The largest absolute Gasteiger partial charge is 0.497 e. The van der Waals surface area contributed by atoms with Crippen molar-refractivity contribution in [3.63, 3.8) is 0 Å². The number of hydrogen-bond donors (Lipinski definition) is 0. The lowest BCUT2D eigenvalue weighted by molar-refractivity contribution is 0.0964. The van der Waals surface area contributed by atoms with Crippen molar-refractivity contribution in [3.8, 4) is 5.75 Å². The molecule has 0 aliphatic carbocycles. The summed E-state index contributed by atoms with van der Waals surface area (Å²) in [5, 5.41) is 0. The predicted molar refractivity (Wildman–Crippen MR) is 83.4 cm³/mol. The Morgan fingerprint density at radius 3 is 2.55 bits per heavy atom. The highest BCUT2D eigenvalue weighted by Gasteiger charge is 2.14. The van der Waals surface area contributed by atoms with Gasteiger partial charge >= 0.3 is 0 Å². The lowest BCUT2D eigenvalue weighted by Crippen LogP contribution is -2.11. The van der Waals surface area contributed by atoms with E-state index in [4.69, 9.17) is 17.0 Å². The maximum atomic E-state index is 12.6. The Kier molecular flexibility index (Phi) is 3.38. The van der Waals surface area contributed by atoms with Crippen molar-refractivity contribution in [3.05, 3.63) is 58.0 Å². The molecule has 0 saturated carbocycles. The Morgan fingerprint density at radius 1 is 1.15 bits per heavy atom. The van der Waals surface area contributed by atoms with Crippen molar-refractivity contribution in [2.45, 2.75) is 0 Å². The van der Waals surface area contributed by atoms with E-state index in [2.05, 4.69) is 0 Å². The highest BCUT2D eigenvalue weighted by atomic mass is 32.1. The van der Waals surface area contributed by atoms with E-state index >= 15 is 0 Å². The summed E-state index contributed by atoms with van der Waals surface area (Å²) >= 11 is 6.76. The van der Waals surface area contributed by atoms with E-state index in [-0.39, 0.29) is 5.91 Å². The molecular formula is C15H11NO2S2. The second kappa shape index (κ2) is 5.19. The van der Waals surface area contributed by atoms with Crippen molar-refractivity contribution >= 4 is 39.7 Å². The zero-order valence-corrected chi connectivity index (χ0v) is 12.3. The highest BCUT2D eigenvalue weighted by Crippen LogP contribution is 2.24. The average molecular weight is 301 g/mol. The molecule has 0 bridgehead atoms. The van der Waals surface area contributed by atoms with Gasteiger partial charge in [-0.2, -0.15) is 0 Å². The Labute approximate surface area is 125 Å². The number of thiazole rings is 1. The standard InChI is InChI=1S/C15H11NO2S2/c1-18-11-8-6-10(7-9-11)14(17)16-12-4-2-3-5-13(12)20-15(16)19/h2-9H,1H3. The van der Waals surface area contributed by atoms with E-state index < -0.39 is 0 Å². The van der Waals surface area contributed by atoms with Crippen molar-refractivity contribution < 1.29 is 9.53 Å². The molecule has 20 heavy (non-hydrogen) atoms. The van der Waals surface area contributed by atoms with Crippen LogP contribution in [0.1, 0.15) is 10.4 Å². The van der Waals surface area contributed by atoms with Gasteiger partial charge in [0.25, 0.3) is 5.91 Å². The summed E-state index contributed by atoms with van der Waals surface area (Å²) in [4.78, 5) is 12.6. The van der Waals surface area contributed by atoms with Gasteiger partial charge in [-0.05, 0) is 48.6 Å². The molecule has 1 heterocycles. The zero-order chi connectivity index (χ0) is 14.1. The number of para-hydroxylation sites is 1. The van der Waals surface area contributed by atoms with E-state index in [0.29, 0.717) is 9.52 Å². The number of nitrogens with zero attached hydrogens (tertiary/aromatic N) is 1. The number of rotatable bonds is 2. The van der Waals surface area contributed by atoms with Crippen molar-refractivity contribution in [1.82, 2.24) is 4.57 Å². The first-order valence-electron chi connectivity index (χ1n) is 6.00. The Hall–Kier alpha value is -1.98. The average Bonchev–Trinajstić information content (AvgIpc) is 2.82. The van der Waals surface area contributed by atoms with Crippen LogP contribution < -0.4 is 4.74 Å². The monoisotopic (exact) mass is 301 g/mol. The fraction of sp³-hybridized carbons (Fsp3) is 0.0667. The summed E-state index contributed by atoms with van der Waals surface area (Å²) in [5.74, 6) is 0.607. The van der Waals surface area contributed by atoms with Crippen LogP contribution in [0.25, 0.3) is 10.2 Å². The molecule has 0 fully saturated rings. The maximum absolute atomic E-state index is 12.6. The molecule has 0 amide bonds. The molecule has 0 saturated heterocycles. The van der Waals surface area contributed by atoms with Gasteiger partial charge in [0.2, 0.25) is 0 Å². The number of carbonyl (C=O) groups is 1. The van der Waals surface area contributed by atoms with Crippen LogP contribution >= 0.6 is 23.6 Å². The van der Waals surface area contributed by atoms with Crippen LogP contribution in [0.4, 0.5) is 0 Å². The Bertz CT molecular complexity index is 831. The number of carbonyl (C=O) groups excluding carboxylic acids is 1. The summed E-state index contributed by atoms with van der Waals surface area (Å²) in [6, 6.07) is 14.7. The summed E-state index contributed by atoms with van der Waals surface area (Å²) in [6.45, 7) is 0. The van der Waals surface area contributed by atoms with E-state index in [1.165, 1.54) is 11.3 Å². The molecule has 0 atom stereocenters. The Balaban J connectivity index is 2.12. The first-order valence-corrected chi connectivity index (χ1v) is 7.22. The first-order chi connectivity index (χ1) is 9.70. The number of fused-ring (bicyclic) bond motifs is 1. The molecule has 0 spiro atoms. The maximum Gasteiger partial charge on any atom is 0.264 e. The lowest BCUT2D eigenvalue weighted by atomic mass is 10.2. The van der Waals surface area contributed by atoms with E-state index in [0.717, 1.165) is 16.0 Å². The van der Waals surface area contributed by atoms with E-state index in [9.17, 15) is 4.79 Å². The number of hydrogen-bond acceptors (Lipinski definition) is 4. The minimum absolute atomic E-state index is 0.116. The molecule has 100 valence electrons. The minimum atomic E-state index is -0.116. The normalized spacial score (nSPS) is 10.7. The van der Waals surface area contributed by atoms with Crippen LogP contribution in [0.5, 0.6) is 5.75 Å². The Morgan fingerprint density at radius 2 is 1.85 bits per heavy atom. The third-order valence-corrected chi connectivity index (χ3v) is 4.38. The van der Waals surface area contributed by atoms with Gasteiger partial charge in [-0.3, -0.25) is 9.36 Å². The summed E-state index contributed by atoms with van der Waals surface area (Å²) < 4.78 is 8.25. The zero-order valence-electron chi connectivity index (χ0n) is 10.7. The fourth-order valence-electron chi connectivity index (χ4n) is 2.02. The van der Waals surface area contributed by atoms with Gasteiger partial charge < -0.3 is 4.74 Å². The topological polar surface area (TPSA) is 31.2 Å².